The van der Waals surface area contributed by atoms with Gasteiger partial charge in [-0.2, -0.15) is 5.10 Å². The summed E-state index contributed by atoms with van der Waals surface area (Å²) in [6, 6.07) is 11.8. The van der Waals surface area contributed by atoms with Gasteiger partial charge in [-0.05, 0) is 42.5 Å². The number of aromatic nitrogens is 2. The second kappa shape index (κ2) is 7.18. The van der Waals surface area contributed by atoms with Gasteiger partial charge in [0.25, 0.3) is 5.91 Å². The lowest BCUT2D eigenvalue weighted by atomic mass is 10.2. The summed E-state index contributed by atoms with van der Waals surface area (Å²) in [6.45, 7) is 0. The van der Waals surface area contributed by atoms with Gasteiger partial charge in [-0.15, -0.1) is 0 Å². The third-order valence-corrected chi connectivity index (χ3v) is 6.78. The van der Waals surface area contributed by atoms with Crippen LogP contribution in [-0.2, 0) is 21.3 Å². The van der Waals surface area contributed by atoms with Gasteiger partial charge in [0, 0.05) is 15.1 Å². The molecule has 0 fully saturated rings. The van der Waals surface area contributed by atoms with Crippen LogP contribution in [0, 0.1) is 0 Å². The van der Waals surface area contributed by atoms with Gasteiger partial charge in [0.05, 0.1) is 33.5 Å². The first kappa shape index (κ1) is 19.4. The number of amides is 1. The predicted molar refractivity (Wildman–Crippen MR) is 112 cm³/mol. The second-order valence-corrected chi connectivity index (χ2v) is 10.1. The van der Waals surface area contributed by atoms with Crippen molar-refractivity contribution in [2.24, 2.45) is 0 Å². The number of benzene rings is 2. The molecule has 1 N–H and O–H groups in total. The molecule has 1 aliphatic heterocycles. The molecule has 2 aromatic carbocycles. The largest absolute Gasteiger partial charge is 0.306 e. The van der Waals surface area contributed by atoms with Gasteiger partial charge in [-0.25, -0.2) is 13.1 Å². The van der Waals surface area contributed by atoms with E-state index in [2.05, 4.69) is 26.3 Å². The smallest absolute Gasteiger partial charge is 0.258 e. The standard InChI is InChI=1S/C18H12BrCl2N3O3S/c19-10-1-6-15(21)13(7-10)18(25)22-17-14-8-28(26,27)9-16(14)23-24(17)12-4-2-11(20)3-5-12/h1-7H,8-9H2,(H,22,25). The van der Waals surface area contributed by atoms with Crippen LogP contribution in [0.4, 0.5) is 5.82 Å². The monoisotopic (exact) mass is 499 g/mol. The fraction of sp³-hybridized carbons (Fsp3) is 0.111. The van der Waals surface area contributed by atoms with Crippen molar-refractivity contribution in [1.29, 1.82) is 0 Å². The Morgan fingerprint density at radius 2 is 1.82 bits per heavy atom. The van der Waals surface area contributed by atoms with Gasteiger partial charge in [0.2, 0.25) is 0 Å². The Labute approximate surface area is 179 Å². The number of fused-ring (bicyclic) bond motifs is 1. The average Bonchev–Trinajstić information content (AvgIpc) is 3.10. The van der Waals surface area contributed by atoms with E-state index >= 15 is 0 Å². The second-order valence-electron chi connectivity index (χ2n) is 6.27. The van der Waals surface area contributed by atoms with E-state index < -0.39 is 15.7 Å². The number of anilines is 1. The molecule has 3 aromatic rings. The van der Waals surface area contributed by atoms with Gasteiger partial charge in [0.15, 0.2) is 9.84 Å². The van der Waals surface area contributed by atoms with Gasteiger partial charge >= 0.3 is 0 Å². The van der Waals surface area contributed by atoms with Crippen molar-refractivity contribution in [3.8, 4) is 5.69 Å². The molecule has 6 nitrogen and oxygen atoms in total. The Kier molecular flexibility index (Phi) is 4.99. The van der Waals surface area contributed by atoms with Crippen molar-refractivity contribution in [3.63, 3.8) is 0 Å². The zero-order chi connectivity index (χ0) is 20.1. The van der Waals surface area contributed by atoms with E-state index in [9.17, 15) is 13.2 Å². The molecule has 1 aromatic heterocycles. The van der Waals surface area contributed by atoms with Crippen LogP contribution in [0.3, 0.4) is 0 Å². The Hall–Kier alpha value is -1.87. The van der Waals surface area contributed by atoms with E-state index in [1.165, 1.54) is 4.68 Å². The van der Waals surface area contributed by atoms with Crippen LogP contribution in [0.2, 0.25) is 10.0 Å². The Morgan fingerprint density at radius 1 is 1.11 bits per heavy atom. The number of nitrogens with zero attached hydrogens (tertiary/aromatic N) is 2. The lowest BCUT2D eigenvalue weighted by Crippen LogP contribution is -2.17. The van der Waals surface area contributed by atoms with Gasteiger partial charge in [0.1, 0.15) is 5.82 Å². The van der Waals surface area contributed by atoms with Crippen LogP contribution in [0.5, 0.6) is 0 Å². The maximum absolute atomic E-state index is 12.9. The van der Waals surface area contributed by atoms with E-state index in [0.29, 0.717) is 32.3 Å². The first-order chi connectivity index (χ1) is 13.2. The molecule has 0 bridgehead atoms. The van der Waals surface area contributed by atoms with Crippen LogP contribution in [0.15, 0.2) is 46.9 Å². The van der Waals surface area contributed by atoms with Crippen molar-refractivity contribution < 1.29 is 13.2 Å². The number of carbonyl (C=O) groups is 1. The molecule has 4 rings (SSSR count). The van der Waals surface area contributed by atoms with E-state index in [0.717, 1.165) is 0 Å². The van der Waals surface area contributed by atoms with Crippen molar-refractivity contribution in [3.05, 3.63) is 73.8 Å². The quantitative estimate of drug-likeness (QED) is 0.568. The zero-order valence-electron chi connectivity index (χ0n) is 14.1. The van der Waals surface area contributed by atoms with E-state index in [4.69, 9.17) is 23.2 Å². The maximum atomic E-state index is 12.9. The summed E-state index contributed by atoms with van der Waals surface area (Å²) < 4.78 is 26.3. The summed E-state index contributed by atoms with van der Waals surface area (Å²) in [7, 11) is -3.29. The third-order valence-electron chi connectivity index (χ3n) is 4.26. The number of halogens is 3. The minimum absolute atomic E-state index is 0.163. The lowest BCUT2D eigenvalue weighted by molar-refractivity contribution is 0.102. The third kappa shape index (κ3) is 3.69. The molecule has 0 saturated heterocycles. The molecular weight excluding hydrogens is 489 g/mol. The molecule has 0 saturated carbocycles. The summed E-state index contributed by atoms with van der Waals surface area (Å²) in [5.41, 5.74) is 1.81. The molecule has 144 valence electrons. The molecule has 1 amide bonds. The topological polar surface area (TPSA) is 81.1 Å². The predicted octanol–water partition coefficient (Wildman–Crippen LogP) is 4.62. The highest BCUT2D eigenvalue weighted by Gasteiger charge is 2.33. The average molecular weight is 501 g/mol. The van der Waals surface area contributed by atoms with Crippen LogP contribution < -0.4 is 5.32 Å². The molecule has 10 heteroatoms. The highest BCUT2D eigenvalue weighted by Crippen LogP contribution is 2.34. The fourth-order valence-corrected chi connectivity index (χ4v) is 5.17. The van der Waals surface area contributed by atoms with Crippen LogP contribution in [0.25, 0.3) is 5.69 Å². The normalized spacial score (nSPS) is 14.7. The molecule has 0 unspecified atom stereocenters. The molecule has 0 aliphatic carbocycles. The molecule has 28 heavy (non-hydrogen) atoms. The highest BCUT2D eigenvalue weighted by molar-refractivity contribution is 9.10. The van der Waals surface area contributed by atoms with Crippen LogP contribution in [0.1, 0.15) is 21.6 Å². The number of sulfone groups is 1. The Morgan fingerprint density at radius 3 is 2.54 bits per heavy atom. The van der Waals surface area contributed by atoms with E-state index in [1.54, 1.807) is 42.5 Å². The van der Waals surface area contributed by atoms with Crippen LogP contribution >= 0.6 is 39.1 Å². The van der Waals surface area contributed by atoms with Crippen molar-refractivity contribution in [2.45, 2.75) is 11.5 Å². The van der Waals surface area contributed by atoms with Gasteiger partial charge in [-0.1, -0.05) is 39.1 Å². The molecule has 2 heterocycles. The minimum atomic E-state index is -3.29. The fourth-order valence-electron chi connectivity index (χ4n) is 2.99. The summed E-state index contributed by atoms with van der Waals surface area (Å²) in [4.78, 5) is 12.9. The summed E-state index contributed by atoms with van der Waals surface area (Å²) >= 11 is 15.4. The zero-order valence-corrected chi connectivity index (χ0v) is 18.0. The minimum Gasteiger partial charge on any atom is -0.306 e. The summed E-state index contributed by atoms with van der Waals surface area (Å²) in [6.07, 6.45) is 0. The van der Waals surface area contributed by atoms with E-state index in [-0.39, 0.29) is 22.1 Å². The molecule has 0 atom stereocenters. The summed E-state index contributed by atoms with van der Waals surface area (Å²) in [5.74, 6) is -0.505. The molecule has 0 spiro atoms. The number of hydrogen-bond donors (Lipinski definition) is 1. The number of carbonyl (C=O) groups excluding carboxylic acids is 1. The van der Waals surface area contributed by atoms with Gasteiger partial charge < -0.3 is 5.32 Å². The first-order valence-corrected chi connectivity index (χ1v) is 11.4. The highest BCUT2D eigenvalue weighted by atomic mass is 79.9. The first-order valence-electron chi connectivity index (χ1n) is 8.07. The lowest BCUT2D eigenvalue weighted by Gasteiger charge is -2.12. The van der Waals surface area contributed by atoms with Crippen LogP contribution in [-0.4, -0.2) is 24.1 Å². The number of nitrogens with one attached hydrogen (secondary N) is 1. The van der Waals surface area contributed by atoms with E-state index in [1.807, 2.05) is 0 Å². The van der Waals surface area contributed by atoms with Crippen molar-refractivity contribution >= 4 is 60.7 Å². The van der Waals surface area contributed by atoms with Crippen molar-refractivity contribution in [1.82, 2.24) is 9.78 Å². The van der Waals surface area contributed by atoms with Gasteiger partial charge in [-0.3, -0.25) is 4.79 Å². The number of hydrogen-bond acceptors (Lipinski definition) is 4. The molecular formula is C18H12BrCl2N3O3S. The Bertz CT molecular complexity index is 1210. The van der Waals surface area contributed by atoms with Crippen molar-refractivity contribution in [2.75, 3.05) is 5.32 Å². The maximum Gasteiger partial charge on any atom is 0.258 e. The number of rotatable bonds is 3. The Balaban J connectivity index is 1.80. The SMILES string of the molecule is O=C(Nc1c2c(nn1-c1ccc(Cl)cc1)CS(=O)(=O)C2)c1cc(Br)ccc1Cl. The molecule has 1 aliphatic rings. The summed E-state index contributed by atoms with van der Waals surface area (Å²) in [5, 5.41) is 8.03. The molecule has 0 radical (unpaired) electrons.